The number of carbonyl (C=O) groups excluding carboxylic acids is 1. The SMILES string of the molecule is C[C@H](C(=O)N1CCCC1)N1CCC(O)(c2ccc(F)cc2)CC1. The highest BCUT2D eigenvalue weighted by atomic mass is 19.1. The summed E-state index contributed by atoms with van der Waals surface area (Å²) < 4.78 is 13.1. The Morgan fingerprint density at radius 1 is 1.13 bits per heavy atom. The molecular formula is C18H25FN2O2. The number of rotatable bonds is 3. The van der Waals surface area contributed by atoms with E-state index >= 15 is 0 Å². The Balaban J connectivity index is 1.61. The fraction of sp³-hybridized carbons (Fsp3) is 0.611. The number of nitrogens with zero attached hydrogens (tertiary/aromatic N) is 2. The second kappa shape index (κ2) is 6.57. The second-order valence-corrected chi connectivity index (χ2v) is 6.78. The van der Waals surface area contributed by atoms with E-state index in [1.54, 1.807) is 12.1 Å². The average molecular weight is 320 g/mol. The molecule has 0 aliphatic carbocycles. The smallest absolute Gasteiger partial charge is 0.239 e. The summed E-state index contributed by atoms with van der Waals surface area (Å²) >= 11 is 0. The van der Waals surface area contributed by atoms with Crippen LogP contribution in [0.1, 0.15) is 38.2 Å². The number of halogens is 1. The molecule has 0 unspecified atom stereocenters. The molecule has 1 aromatic carbocycles. The molecule has 1 N–H and O–H groups in total. The normalized spacial score (nSPS) is 23.0. The maximum Gasteiger partial charge on any atom is 0.239 e. The molecule has 3 rings (SSSR count). The number of carbonyl (C=O) groups is 1. The third kappa shape index (κ3) is 3.40. The zero-order valence-corrected chi connectivity index (χ0v) is 13.7. The van der Waals surface area contributed by atoms with E-state index in [2.05, 4.69) is 4.90 Å². The minimum atomic E-state index is -0.916. The first-order valence-electron chi connectivity index (χ1n) is 8.51. The molecule has 5 heteroatoms. The van der Waals surface area contributed by atoms with Crippen molar-refractivity contribution in [3.8, 4) is 0 Å². The molecule has 2 heterocycles. The molecule has 1 atom stereocenters. The van der Waals surface area contributed by atoms with Crippen LogP contribution in [0.2, 0.25) is 0 Å². The van der Waals surface area contributed by atoms with Crippen LogP contribution in [-0.4, -0.2) is 53.0 Å². The Bertz CT molecular complexity index is 547. The number of hydrogen-bond donors (Lipinski definition) is 1. The quantitative estimate of drug-likeness (QED) is 0.928. The summed E-state index contributed by atoms with van der Waals surface area (Å²) in [6.07, 6.45) is 3.33. The molecule has 0 saturated carbocycles. The van der Waals surface area contributed by atoms with E-state index in [-0.39, 0.29) is 17.8 Å². The molecule has 0 aromatic heterocycles. The van der Waals surface area contributed by atoms with E-state index in [0.29, 0.717) is 25.9 Å². The first kappa shape index (κ1) is 16.4. The van der Waals surface area contributed by atoms with Crippen LogP contribution in [0.15, 0.2) is 24.3 Å². The van der Waals surface area contributed by atoms with Crippen LogP contribution in [0, 0.1) is 5.82 Å². The van der Waals surface area contributed by atoms with Gasteiger partial charge in [0.05, 0.1) is 11.6 Å². The van der Waals surface area contributed by atoms with Gasteiger partial charge in [-0.25, -0.2) is 4.39 Å². The third-order valence-corrected chi connectivity index (χ3v) is 5.33. The lowest BCUT2D eigenvalue weighted by molar-refractivity contribution is -0.137. The first-order chi connectivity index (χ1) is 11.0. The fourth-order valence-corrected chi connectivity index (χ4v) is 3.69. The van der Waals surface area contributed by atoms with E-state index in [1.165, 1.54) is 12.1 Å². The number of aliphatic hydroxyl groups is 1. The van der Waals surface area contributed by atoms with Gasteiger partial charge in [-0.1, -0.05) is 12.1 Å². The Labute approximate surface area is 136 Å². The van der Waals surface area contributed by atoms with Crippen LogP contribution >= 0.6 is 0 Å². The van der Waals surface area contributed by atoms with Crippen LogP contribution in [-0.2, 0) is 10.4 Å². The molecule has 4 nitrogen and oxygen atoms in total. The highest BCUT2D eigenvalue weighted by Gasteiger charge is 2.37. The zero-order valence-electron chi connectivity index (χ0n) is 13.7. The van der Waals surface area contributed by atoms with Crippen LogP contribution < -0.4 is 0 Å². The molecule has 1 aromatic rings. The van der Waals surface area contributed by atoms with Crippen molar-refractivity contribution in [2.75, 3.05) is 26.2 Å². The van der Waals surface area contributed by atoms with Crippen LogP contribution in [0.3, 0.4) is 0 Å². The van der Waals surface area contributed by atoms with Crippen molar-refractivity contribution in [1.29, 1.82) is 0 Å². The average Bonchev–Trinajstić information content (AvgIpc) is 3.09. The van der Waals surface area contributed by atoms with Gasteiger partial charge in [0.25, 0.3) is 0 Å². The molecular weight excluding hydrogens is 295 g/mol. The summed E-state index contributed by atoms with van der Waals surface area (Å²) in [5, 5.41) is 10.8. The zero-order chi connectivity index (χ0) is 16.4. The summed E-state index contributed by atoms with van der Waals surface area (Å²) in [6, 6.07) is 5.96. The van der Waals surface area contributed by atoms with Crippen LogP contribution in [0.5, 0.6) is 0 Å². The third-order valence-electron chi connectivity index (χ3n) is 5.33. The van der Waals surface area contributed by atoms with Gasteiger partial charge in [0.1, 0.15) is 5.82 Å². The van der Waals surface area contributed by atoms with Gasteiger partial charge in [0.2, 0.25) is 5.91 Å². The number of piperidine rings is 1. The predicted molar refractivity (Wildman–Crippen MR) is 86.4 cm³/mol. The summed E-state index contributed by atoms with van der Waals surface area (Å²) in [5.74, 6) is -0.0886. The van der Waals surface area contributed by atoms with Gasteiger partial charge >= 0.3 is 0 Å². The number of amides is 1. The van der Waals surface area contributed by atoms with E-state index in [4.69, 9.17) is 0 Å². The molecule has 126 valence electrons. The maximum absolute atomic E-state index is 13.1. The molecule has 2 aliphatic heterocycles. The number of hydrogen-bond acceptors (Lipinski definition) is 3. The largest absolute Gasteiger partial charge is 0.385 e. The lowest BCUT2D eigenvalue weighted by Gasteiger charge is -2.41. The maximum atomic E-state index is 13.1. The van der Waals surface area contributed by atoms with E-state index in [9.17, 15) is 14.3 Å². The van der Waals surface area contributed by atoms with Crippen molar-refractivity contribution in [3.63, 3.8) is 0 Å². The van der Waals surface area contributed by atoms with Crippen molar-refractivity contribution in [2.45, 2.75) is 44.2 Å². The van der Waals surface area contributed by atoms with E-state index in [1.807, 2.05) is 11.8 Å². The second-order valence-electron chi connectivity index (χ2n) is 6.78. The number of benzene rings is 1. The minimum absolute atomic E-state index is 0.133. The summed E-state index contributed by atoms with van der Waals surface area (Å²) in [7, 11) is 0. The Morgan fingerprint density at radius 3 is 2.26 bits per heavy atom. The molecule has 2 saturated heterocycles. The van der Waals surface area contributed by atoms with Gasteiger partial charge < -0.3 is 10.0 Å². The molecule has 1 amide bonds. The summed E-state index contributed by atoms with van der Waals surface area (Å²) in [5.41, 5.74) is -0.155. The number of likely N-dealkylation sites (tertiary alicyclic amines) is 2. The van der Waals surface area contributed by atoms with Crippen molar-refractivity contribution >= 4 is 5.91 Å². The van der Waals surface area contributed by atoms with Crippen molar-refractivity contribution in [3.05, 3.63) is 35.6 Å². The topological polar surface area (TPSA) is 43.8 Å². The van der Waals surface area contributed by atoms with Gasteiger partial charge in [-0.2, -0.15) is 0 Å². The van der Waals surface area contributed by atoms with Gasteiger partial charge in [-0.3, -0.25) is 9.69 Å². The van der Waals surface area contributed by atoms with E-state index < -0.39 is 5.60 Å². The fourth-order valence-electron chi connectivity index (χ4n) is 3.69. The van der Waals surface area contributed by atoms with E-state index in [0.717, 1.165) is 31.5 Å². The van der Waals surface area contributed by atoms with Gasteiger partial charge in [0.15, 0.2) is 0 Å². The highest BCUT2D eigenvalue weighted by molar-refractivity contribution is 5.81. The lowest BCUT2D eigenvalue weighted by Crippen LogP contribution is -2.51. The molecule has 0 radical (unpaired) electrons. The Morgan fingerprint density at radius 2 is 1.70 bits per heavy atom. The van der Waals surface area contributed by atoms with Gasteiger partial charge in [-0.05, 0) is 50.3 Å². The van der Waals surface area contributed by atoms with Crippen LogP contribution in [0.4, 0.5) is 4.39 Å². The van der Waals surface area contributed by atoms with Gasteiger partial charge in [0, 0.05) is 26.2 Å². The molecule has 0 spiro atoms. The van der Waals surface area contributed by atoms with Crippen molar-refractivity contribution in [2.24, 2.45) is 0 Å². The Kier molecular flexibility index (Phi) is 4.69. The molecule has 2 aliphatic rings. The molecule has 2 fully saturated rings. The highest BCUT2D eigenvalue weighted by Crippen LogP contribution is 2.33. The lowest BCUT2D eigenvalue weighted by atomic mass is 9.84. The van der Waals surface area contributed by atoms with Crippen LogP contribution in [0.25, 0.3) is 0 Å². The molecule has 0 bridgehead atoms. The Hall–Kier alpha value is -1.46. The first-order valence-corrected chi connectivity index (χ1v) is 8.51. The minimum Gasteiger partial charge on any atom is -0.385 e. The summed E-state index contributed by atoms with van der Waals surface area (Å²) in [6.45, 7) is 5.05. The predicted octanol–water partition coefficient (Wildman–Crippen LogP) is 2.12. The summed E-state index contributed by atoms with van der Waals surface area (Å²) in [4.78, 5) is 16.6. The van der Waals surface area contributed by atoms with Crippen molar-refractivity contribution < 1.29 is 14.3 Å². The standard InChI is InChI=1S/C18H25FN2O2/c1-14(17(22)21-10-2-3-11-21)20-12-8-18(23,9-13-20)15-4-6-16(19)7-5-15/h4-7,14,23H,2-3,8-13H2,1H3/t14-/m1/s1. The van der Waals surface area contributed by atoms with Gasteiger partial charge in [-0.15, -0.1) is 0 Å². The monoisotopic (exact) mass is 320 g/mol. The van der Waals surface area contributed by atoms with Crippen molar-refractivity contribution in [1.82, 2.24) is 9.80 Å². The molecule has 23 heavy (non-hydrogen) atoms.